The highest BCUT2D eigenvalue weighted by Gasteiger charge is 1.99. The first-order valence-corrected chi connectivity index (χ1v) is 6.13. The van der Waals surface area contributed by atoms with E-state index in [4.69, 9.17) is 21.1 Å². The Morgan fingerprint density at radius 3 is 2.41 bits per heavy atom. The Morgan fingerprint density at radius 1 is 1.00 bits per heavy atom. The molecule has 0 radical (unpaired) electrons. The molecule has 90 valence electrons. The predicted octanol–water partition coefficient (Wildman–Crippen LogP) is 3.86. The zero-order valence-electron chi connectivity index (χ0n) is 9.78. The molecule has 0 N–H and O–H groups in total. The second-order valence-electron chi connectivity index (χ2n) is 3.77. The molecule has 0 aliphatic carbocycles. The number of methoxy groups -OCH3 is 1. The highest BCUT2D eigenvalue weighted by molar-refractivity contribution is 6.17. The molecule has 0 amide bonds. The van der Waals surface area contributed by atoms with Crippen molar-refractivity contribution in [2.45, 2.75) is 6.42 Å². The highest BCUT2D eigenvalue weighted by atomic mass is 35.5. The quantitative estimate of drug-likeness (QED) is 0.593. The van der Waals surface area contributed by atoms with Crippen molar-refractivity contribution in [1.82, 2.24) is 0 Å². The molecule has 0 bridgehead atoms. The van der Waals surface area contributed by atoms with E-state index in [9.17, 15) is 0 Å². The minimum atomic E-state index is 0.626. The van der Waals surface area contributed by atoms with Crippen LogP contribution in [0, 0.1) is 0 Å². The zero-order valence-corrected chi connectivity index (χ0v) is 10.5. The molecule has 0 saturated carbocycles. The number of hydrogen-bond donors (Lipinski definition) is 0. The average molecular weight is 251 g/mol. The summed E-state index contributed by atoms with van der Waals surface area (Å²) in [5, 5.41) is 2.29. The van der Waals surface area contributed by atoms with Crippen LogP contribution in [0.25, 0.3) is 10.8 Å². The molecule has 2 aromatic carbocycles. The van der Waals surface area contributed by atoms with Crippen LogP contribution in [0.1, 0.15) is 6.42 Å². The molecule has 0 unspecified atom stereocenters. The van der Waals surface area contributed by atoms with E-state index in [1.54, 1.807) is 7.11 Å². The fraction of sp³-hybridized carbons (Fsp3) is 0.286. The van der Waals surface area contributed by atoms with Gasteiger partial charge in [-0.2, -0.15) is 0 Å². The molecule has 3 heteroatoms. The summed E-state index contributed by atoms with van der Waals surface area (Å²) in [4.78, 5) is 0. The molecule has 2 rings (SSSR count). The van der Waals surface area contributed by atoms with Crippen LogP contribution in [-0.4, -0.2) is 19.6 Å². The van der Waals surface area contributed by atoms with Crippen LogP contribution in [0.2, 0.25) is 0 Å². The van der Waals surface area contributed by atoms with Crippen LogP contribution in [0.5, 0.6) is 11.5 Å². The van der Waals surface area contributed by atoms with Gasteiger partial charge in [-0.1, -0.05) is 12.1 Å². The molecular weight excluding hydrogens is 236 g/mol. The Bertz CT molecular complexity index is 497. The Labute approximate surface area is 106 Å². The second kappa shape index (κ2) is 5.78. The zero-order chi connectivity index (χ0) is 12.1. The van der Waals surface area contributed by atoms with Gasteiger partial charge in [0.25, 0.3) is 0 Å². The van der Waals surface area contributed by atoms with Crippen LogP contribution in [0.15, 0.2) is 36.4 Å². The van der Waals surface area contributed by atoms with Gasteiger partial charge in [0.15, 0.2) is 0 Å². The maximum atomic E-state index is 5.61. The summed E-state index contributed by atoms with van der Waals surface area (Å²) < 4.78 is 10.8. The van der Waals surface area contributed by atoms with Gasteiger partial charge in [0.05, 0.1) is 13.7 Å². The number of fused-ring (bicyclic) bond motifs is 1. The molecule has 0 atom stereocenters. The number of rotatable bonds is 5. The Balaban J connectivity index is 2.22. The fourth-order valence-corrected chi connectivity index (χ4v) is 1.77. The van der Waals surface area contributed by atoms with E-state index in [1.807, 2.05) is 36.4 Å². The standard InChI is InChI=1S/C14H15ClO2/c1-16-13-5-3-11-4-6-14(10-12(11)9-13)17-8-2-7-15/h3-6,9-10H,2,7-8H2,1H3. The second-order valence-corrected chi connectivity index (χ2v) is 4.14. The summed E-state index contributed by atoms with van der Waals surface area (Å²) in [5.74, 6) is 2.35. The lowest BCUT2D eigenvalue weighted by Crippen LogP contribution is -1.97. The summed E-state index contributed by atoms with van der Waals surface area (Å²) in [5.41, 5.74) is 0. The molecule has 0 aromatic heterocycles. The molecule has 0 aliphatic heterocycles. The van der Waals surface area contributed by atoms with Crippen LogP contribution in [0.3, 0.4) is 0 Å². The third-order valence-corrected chi connectivity index (χ3v) is 2.83. The molecule has 0 spiro atoms. The lowest BCUT2D eigenvalue weighted by molar-refractivity contribution is 0.319. The highest BCUT2D eigenvalue weighted by Crippen LogP contribution is 2.24. The molecule has 2 aromatic rings. The molecule has 0 aliphatic rings. The third-order valence-electron chi connectivity index (χ3n) is 2.57. The number of ether oxygens (including phenoxy) is 2. The molecular formula is C14H15ClO2. The Hall–Kier alpha value is -1.41. The van der Waals surface area contributed by atoms with Gasteiger partial charge < -0.3 is 9.47 Å². The van der Waals surface area contributed by atoms with Crippen LogP contribution in [-0.2, 0) is 0 Å². The lowest BCUT2D eigenvalue weighted by Gasteiger charge is -2.07. The van der Waals surface area contributed by atoms with E-state index in [0.717, 1.165) is 23.3 Å². The maximum Gasteiger partial charge on any atom is 0.119 e. The van der Waals surface area contributed by atoms with E-state index >= 15 is 0 Å². The van der Waals surface area contributed by atoms with Crippen LogP contribution in [0.4, 0.5) is 0 Å². The van der Waals surface area contributed by atoms with Crippen molar-refractivity contribution in [3.63, 3.8) is 0 Å². The maximum absolute atomic E-state index is 5.61. The van der Waals surface area contributed by atoms with Gasteiger partial charge in [-0.25, -0.2) is 0 Å². The topological polar surface area (TPSA) is 18.5 Å². The van der Waals surface area contributed by atoms with E-state index in [-0.39, 0.29) is 0 Å². The van der Waals surface area contributed by atoms with Crippen molar-refractivity contribution in [2.24, 2.45) is 0 Å². The SMILES string of the molecule is COc1ccc2ccc(OCCCCl)cc2c1. The number of halogens is 1. The van der Waals surface area contributed by atoms with Crippen LogP contribution < -0.4 is 9.47 Å². The van der Waals surface area contributed by atoms with Gasteiger partial charge in [0.2, 0.25) is 0 Å². The van der Waals surface area contributed by atoms with Crippen molar-refractivity contribution >= 4 is 22.4 Å². The van der Waals surface area contributed by atoms with Crippen molar-refractivity contribution in [1.29, 1.82) is 0 Å². The average Bonchev–Trinajstić information content (AvgIpc) is 2.38. The first kappa shape index (κ1) is 12.1. The monoisotopic (exact) mass is 250 g/mol. The molecule has 0 saturated heterocycles. The normalized spacial score (nSPS) is 10.5. The lowest BCUT2D eigenvalue weighted by atomic mass is 10.1. The smallest absolute Gasteiger partial charge is 0.119 e. The summed E-state index contributed by atoms with van der Waals surface area (Å²) in [6.07, 6.45) is 0.859. The van der Waals surface area contributed by atoms with Gasteiger partial charge in [-0.15, -0.1) is 11.6 Å². The molecule has 17 heavy (non-hydrogen) atoms. The third kappa shape index (κ3) is 3.04. The predicted molar refractivity (Wildman–Crippen MR) is 71.3 cm³/mol. The summed E-state index contributed by atoms with van der Waals surface area (Å²) in [6, 6.07) is 12.0. The molecule has 0 fully saturated rings. The van der Waals surface area contributed by atoms with E-state index in [1.165, 1.54) is 5.39 Å². The van der Waals surface area contributed by atoms with Gasteiger partial charge >= 0.3 is 0 Å². The minimum absolute atomic E-state index is 0.626. The minimum Gasteiger partial charge on any atom is -0.497 e. The largest absolute Gasteiger partial charge is 0.497 e. The van der Waals surface area contributed by atoms with Crippen molar-refractivity contribution in [3.05, 3.63) is 36.4 Å². The first-order chi connectivity index (χ1) is 8.33. The number of benzene rings is 2. The van der Waals surface area contributed by atoms with Crippen molar-refractivity contribution in [3.8, 4) is 11.5 Å². The summed E-state index contributed by atoms with van der Waals surface area (Å²) in [6.45, 7) is 0.652. The molecule has 0 heterocycles. The van der Waals surface area contributed by atoms with Gasteiger partial charge in [0, 0.05) is 5.88 Å². The van der Waals surface area contributed by atoms with Gasteiger partial charge in [-0.05, 0) is 41.5 Å². The van der Waals surface area contributed by atoms with E-state index < -0.39 is 0 Å². The number of hydrogen-bond acceptors (Lipinski definition) is 2. The van der Waals surface area contributed by atoms with Gasteiger partial charge in [-0.3, -0.25) is 0 Å². The fourth-order valence-electron chi connectivity index (χ4n) is 1.66. The number of alkyl halides is 1. The van der Waals surface area contributed by atoms with Gasteiger partial charge in [0.1, 0.15) is 11.5 Å². The summed E-state index contributed by atoms with van der Waals surface area (Å²) >= 11 is 5.61. The van der Waals surface area contributed by atoms with E-state index in [0.29, 0.717) is 12.5 Å². The van der Waals surface area contributed by atoms with E-state index in [2.05, 4.69) is 0 Å². The van der Waals surface area contributed by atoms with Crippen molar-refractivity contribution in [2.75, 3.05) is 19.6 Å². The Morgan fingerprint density at radius 2 is 1.71 bits per heavy atom. The summed E-state index contributed by atoms with van der Waals surface area (Å²) in [7, 11) is 1.67. The Kier molecular flexibility index (Phi) is 4.10. The van der Waals surface area contributed by atoms with Crippen molar-refractivity contribution < 1.29 is 9.47 Å². The van der Waals surface area contributed by atoms with Crippen LogP contribution >= 0.6 is 11.6 Å². The first-order valence-electron chi connectivity index (χ1n) is 5.60. The molecule has 2 nitrogen and oxygen atoms in total.